The molecule has 8 heteroatoms. The monoisotopic (exact) mass is 530 g/mol. The van der Waals surface area contributed by atoms with Gasteiger partial charge in [0, 0.05) is 25.2 Å². The fourth-order valence-electron chi connectivity index (χ4n) is 2.71. The second-order valence-corrected chi connectivity index (χ2v) is 8.39. The van der Waals surface area contributed by atoms with Crippen LogP contribution < -0.4 is 5.32 Å². The minimum Gasteiger partial charge on any atom is -0.319 e. The van der Waals surface area contributed by atoms with Crippen molar-refractivity contribution >= 4 is 55.1 Å². The molecule has 0 unspecified atom stereocenters. The summed E-state index contributed by atoms with van der Waals surface area (Å²) >= 11 is 13.0. The van der Waals surface area contributed by atoms with E-state index in [1.807, 2.05) is 48.5 Å². The van der Waals surface area contributed by atoms with E-state index in [1.54, 1.807) is 28.9 Å². The van der Waals surface area contributed by atoms with Gasteiger partial charge in [-0.1, -0.05) is 55.6 Å². The van der Waals surface area contributed by atoms with Gasteiger partial charge in [-0.15, -0.1) is 5.10 Å². The van der Waals surface area contributed by atoms with Crippen LogP contribution in [0.25, 0.3) is 17.1 Å². The molecular formula is C21H13Br2ClN4O. The minimum atomic E-state index is -0.397. The summed E-state index contributed by atoms with van der Waals surface area (Å²) in [5.41, 5.74) is 2.19. The number of anilines is 1. The molecule has 4 rings (SSSR count). The molecule has 1 heterocycles. The zero-order chi connectivity index (χ0) is 20.4. The molecule has 0 bridgehead atoms. The summed E-state index contributed by atoms with van der Waals surface area (Å²) in [4.78, 5) is 17.2. The van der Waals surface area contributed by atoms with Gasteiger partial charge in [0.25, 0.3) is 5.91 Å². The Morgan fingerprint density at radius 3 is 2.24 bits per heavy atom. The second-order valence-electron chi connectivity index (χ2n) is 6.12. The van der Waals surface area contributed by atoms with Crippen LogP contribution in [-0.2, 0) is 0 Å². The van der Waals surface area contributed by atoms with E-state index >= 15 is 0 Å². The van der Waals surface area contributed by atoms with Crippen molar-refractivity contribution in [2.45, 2.75) is 0 Å². The summed E-state index contributed by atoms with van der Waals surface area (Å²) in [6, 6.07) is 22.2. The smallest absolute Gasteiger partial charge is 0.295 e. The normalized spacial score (nSPS) is 10.7. The number of amides is 1. The van der Waals surface area contributed by atoms with E-state index in [0.717, 1.165) is 20.2 Å². The van der Waals surface area contributed by atoms with Gasteiger partial charge < -0.3 is 5.32 Å². The fraction of sp³-hybridized carbons (Fsp3) is 0. The lowest BCUT2D eigenvalue weighted by atomic mass is 10.2. The van der Waals surface area contributed by atoms with Crippen LogP contribution >= 0.6 is 43.5 Å². The van der Waals surface area contributed by atoms with E-state index in [1.165, 1.54) is 0 Å². The molecule has 1 amide bonds. The second kappa shape index (κ2) is 8.49. The number of hydrogen-bond acceptors (Lipinski definition) is 3. The molecule has 0 atom stereocenters. The molecule has 1 aromatic heterocycles. The van der Waals surface area contributed by atoms with Gasteiger partial charge in [-0.25, -0.2) is 9.67 Å². The molecule has 0 radical (unpaired) electrons. The average Bonchev–Trinajstić information content (AvgIpc) is 3.16. The highest BCUT2D eigenvalue weighted by atomic mass is 79.9. The minimum absolute atomic E-state index is 0.0609. The van der Waals surface area contributed by atoms with Gasteiger partial charge in [0.05, 0.1) is 5.69 Å². The topological polar surface area (TPSA) is 59.8 Å². The predicted octanol–water partition coefficient (Wildman–Crippen LogP) is 6.37. The SMILES string of the molecule is O=C(Nc1ccc(Br)cc1)c1nc(-c2cccc(Cl)c2)n(-c2ccc(Br)cc2)n1. The molecule has 0 aliphatic rings. The van der Waals surface area contributed by atoms with Crippen LogP contribution in [0.3, 0.4) is 0 Å². The largest absolute Gasteiger partial charge is 0.319 e. The lowest BCUT2D eigenvalue weighted by Crippen LogP contribution is -2.14. The highest BCUT2D eigenvalue weighted by Crippen LogP contribution is 2.25. The average molecular weight is 533 g/mol. The fourth-order valence-corrected chi connectivity index (χ4v) is 3.42. The van der Waals surface area contributed by atoms with Gasteiger partial charge in [-0.2, -0.15) is 0 Å². The Morgan fingerprint density at radius 2 is 1.59 bits per heavy atom. The number of nitrogens with one attached hydrogen (secondary N) is 1. The van der Waals surface area contributed by atoms with E-state index < -0.39 is 5.91 Å². The van der Waals surface area contributed by atoms with Crippen LogP contribution in [0, 0.1) is 0 Å². The van der Waals surface area contributed by atoms with Gasteiger partial charge in [0.15, 0.2) is 5.82 Å². The lowest BCUT2D eigenvalue weighted by molar-refractivity contribution is 0.101. The molecule has 0 saturated heterocycles. The Labute approximate surface area is 189 Å². The molecule has 1 N–H and O–H groups in total. The Hall–Kier alpha value is -2.48. The van der Waals surface area contributed by atoms with Crippen molar-refractivity contribution in [3.63, 3.8) is 0 Å². The third kappa shape index (κ3) is 4.58. The number of rotatable bonds is 4. The van der Waals surface area contributed by atoms with E-state index in [4.69, 9.17) is 11.6 Å². The van der Waals surface area contributed by atoms with Crippen LogP contribution in [-0.4, -0.2) is 20.7 Å². The van der Waals surface area contributed by atoms with Gasteiger partial charge in [0.1, 0.15) is 0 Å². The molecule has 0 aliphatic heterocycles. The van der Waals surface area contributed by atoms with Crippen molar-refractivity contribution in [3.8, 4) is 17.1 Å². The number of carbonyl (C=O) groups excluding carboxylic acids is 1. The Balaban J connectivity index is 1.75. The summed E-state index contributed by atoms with van der Waals surface area (Å²) in [6.07, 6.45) is 0. The zero-order valence-corrected chi connectivity index (χ0v) is 18.7. The van der Waals surface area contributed by atoms with Gasteiger partial charge >= 0.3 is 0 Å². The number of halogens is 3. The summed E-state index contributed by atoms with van der Waals surface area (Å²) in [5, 5.41) is 7.85. The maximum absolute atomic E-state index is 12.8. The predicted molar refractivity (Wildman–Crippen MR) is 122 cm³/mol. The van der Waals surface area contributed by atoms with Crippen LogP contribution in [0.1, 0.15) is 10.6 Å². The van der Waals surface area contributed by atoms with E-state index in [0.29, 0.717) is 16.5 Å². The van der Waals surface area contributed by atoms with Crippen LogP contribution in [0.2, 0.25) is 5.02 Å². The standard InChI is InChI=1S/C21H13Br2ClN4O/c22-14-4-8-17(9-5-14)25-21(29)19-26-20(13-2-1-3-16(24)12-13)28(27-19)18-10-6-15(23)7-11-18/h1-12H,(H,25,29). The molecule has 5 nitrogen and oxygen atoms in total. The molecule has 144 valence electrons. The molecule has 4 aromatic rings. The lowest BCUT2D eigenvalue weighted by Gasteiger charge is -2.06. The van der Waals surface area contributed by atoms with Gasteiger partial charge in [-0.05, 0) is 60.7 Å². The summed E-state index contributed by atoms with van der Waals surface area (Å²) in [6.45, 7) is 0. The first-order valence-corrected chi connectivity index (χ1v) is 10.5. The summed E-state index contributed by atoms with van der Waals surface area (Å²) in [5.74, 6) is 0.188. The third-order valence-electron chi connectivity index (χ3n) is 4.07. The molecular weight excluding hydrogens is 520 g/mol. The summed E-state index contributed by atoms with van der Waals surface area (Å²) < 4.78 is 3.50. The van der Waals surface area contributed by atoms with Crippen molar-refractivity contribution in [3.05, 3.63) is 92.6 Å². The first-order valence-electron chi connectivity index (χ1n) is 8.55. The number of aromatic nitrogens is 3. The van der Waals surface area contributed by atoms with Gasteiger partial charge in [-0.3, -0.25) is 4.79 Å². The van der Waals surface area contributed by atoms with Crippen LogP contribution in [0.5, 0.6) is 0 Å². The molecule has 3 aromatic carbocycles. The quantitative estimate of drug-likeness (QED) is 0.333. The van der Waals surface area contributed by atoms with Crippen molar-refractivity contribution in [2.24, 2.45) is 0 Å². The van der Waals surface area contributed by atoms with Crippen LogP contribution in [0.15, 0.2) is 81.7 Å². The number of hydrogen-bond donors (Lipinski definition) is 1. The van der Waals surface area contributed by atoms with E-state index in [9.17, 15) is 4.79 Å². The van der Waals surface area contributed by atoms with Crippen molar-refractivity contribution in [1.29, 1.82) is 0 Å². The Bertz CT molecular complexity index is 1170. The molecule has 0 spiro atoms. The number of nitrogens with zero attached hydrogens (tertiary/aromatic N) is 3. The number of benzene rings is 3. The maximum Gasteiger partial charge on any atom is 0.295 e. The third-order valence-corrected chi connectivity index (χ3v) is 5.36. The van der Waals surface area contributed by atoms with Gasteiger partial charge in [0.2, 0.25) is 5.82 Å². The first-order chi connectivity index (χ1) is 14.0. The van der Waals surface area contributed by atoms with Crippen molar-refractivity contribution < 1.29 is 4.79 Å². The zero-order valence-electron chi connectivity index (χ0n) is 14.8. The van der Waals surface area contributed by atoms with E-state index in [2.05, 4.69) is 47.3 Å². The Morgan fingerprint density at radius 1 is 0.931 bits per heavy atom. The van der Waals surface area contributed by atoms with Crippen molar-refractivity contribution in [2.75, 3.05) is 5.32 Å². The summed E-state index contributed by atoms with van der Waals surface area (Å²) in [7, 11) is 0. The highest BCUT2D eigenvalue weighted by molar-refractivity contribution is 9.10. The first kappa shape index (κ1) is 19.8. The Kier molecular flexibility index (Phi) is 5.80. The maximum atomic E-state index is 12.8. The van der Waals surface area contributed by atoms with Crippen LogP contribution in [0.4, 0.5) is 5.69 Å². The molecule has 0 saturated carbocycles. The highest BCUT2D eigenvalue weighted by Gasteiger charge is 2.19. The molecule has 0 fully saturated rings. The van der Waals surface area contributed by atoms with E-state index in [-0.39, 0.29) is 5.82 Å². The molecule has 0 aliphatic carbocycles. The molecule has 29 heavy (non-hydrogen) atoms. The number of carbonyl (C=O) groups is 1. The van der Waals surface area contributed by atoms with Crippen molar-refractivity contribution in [1.82, 2.24) is 14.8 Å².